The molecule has 108 valence electrons. The van der Waals surface area contributed by atoms with Gasteiger partial charge in [0, 0.05) is 22.5 Å². The summed E-state index contributed by atoms with van der Waals surface area (Å²) in [4.78, 5) is 14.2. The van der Waals surface area contributed by atoms with Crippen LogP contribution in [-0.2, 0) is 0 Å². The first-order valence-electron chi connectivity index (χ1n) is 6.91. The fourth-order valence-electron chi connectivity index (χ4n) is 3.39. The molecule has 2 unspecified atom stereocenters. The molecule has 5 heteroatoms. The van der Waals surface area contributed by atoms with Gasteiger partial charge in [0.2, 0.25) is 0 Å². The highest BCUT2D eigenvalue weighted by Crippen LogP contribution is 2.46. The van der Waals surface area contributed by atoms with Gasteiger partial charge < -0.3 is 10.1 Å². The maximum Gasteiger partial charge on any atom is 0.321 e. The van der Waals surface area contributed by atoms with Crippen LogP contribution in [0, 0.1) is 6.92 Å². The third kappa shape index (κ3) is 1.91. The number of nitrogens with zero attached hydrogens (tertiary/aromatic N) is 1. The number of urea groups is 1. The van der Waals surface area contributed by atoms with Gasteiger partial charge in [0.05, 0.1) is 6.04 Å². The number of ether oxygens (including phenoxy) is 1. The number of halogens is 1. The number of aryl methyl sites for hydroxylation is 1. The molecule has 1 fully saturated rings. The molecule has 4 nitrogen and oxygen atoms in total. The summed E-state index contributed by atoms with van der Waals surface area (Å²) in [6.45, 7) is 8.07. The van der Waals surface area contributed by atoms with Crippen LogP contribution < -0.4 is 10.1 Å². The van der Waals surface area contributed by atoms with E-state index in [0.29, 0.717) is 0 Å². The first-order chi connectivity index (χ1) is 9.32. The first kappa shape index (κ1) is 13.7. The van der Waals surface area contributed by atoms with E-state index in [2.05, 4.69) is 21.2 Å². The Morgan fingerprint density at radius 3 is 2.85 bits per heavy atom. The summed E-state index contributed by atoms with van der Waals surface area (Å²) in [7, 11) is 0. The Labute approximate surface area is 127 Å². The van der Waals surface area contributed by atoms with Gasteiger partial charge in [-0.1, -0.05) is 15.9 Å². The third-order valence-electron chi connectivity index (χ3n) is 4.09. The maximum absolute atomic E-state index is 12.4. The van der Waals surface area contributed by atoms with Crippen molar-refractivity contribution in [3.05, 3.63) is 27.7 Å². The van der Waals surface area contributed by atoms with Crippen molar-refractivity contribution in [3.8, 4) is 5.75 Å². The van der Waals surface area contributed by atoms with E-state index in [0.717, 1.165) is 27.8 Å². The lowest BCUT2D eigenvalue weighted by molar-refractivity contribution is -0.0967. The molecular formula is C15H19BrN2O2. The van der Waals surface area contributed by atoms with Gasteiger partial charge in [-0.15, -0.1) is 0 Å². The van der Waals surface area contributed by atoms with E-state index in [9.17, 15) is 4.79 Å². The van der Waals surface area contributed by atoms with E-state index in [1.807, 2.05) is 39.8 Å². The molecule has 0 spiro atoms. The van der Waals surface area contributed by atoms with Gasteiger partial charge in [0.25, 0.3) is 0 Å². The monoisotopic (exact) mass is 338 g/mol. The van der Waals surface area contributed by atoms with Crippen LogP contribution in [0.25, 0.3) is 0 Å². The summed E-state index contributed by atoms with van der Waals surface area (Å²) in [6.07, 6.45) is 0.764. The van der Waals surface area contributed by atoms with Gasteiger partial charge in [-0.05, 0) is 45.4 Å². The lowest BCUT2D eigenvalue weighted by Gasteiger charge is -2.52. The zero-order valence-corrected chi connectivity index (χ0v) is 13.7. The van der Waals surface area contributed by atoms with Crippen LogP contribution in [0.15, 0.2) is 16.6 Å². The molecular weight excluding hydrogens is 320 g/mol. The lowest BCUT2D eigenvalue weighted by Crippen LogP contribution is -2.66. The van der Waals surface area contributed by atoms with Crippen molar-refractivity contribution in [1.82, 2.24) is 10.2 Å². The summed E-state index contributed by atoms with van der Waals surface area (Å²) >= 11 is 3.52. The fourth-order valence-corrected chi connectivity index (χ4v) is 3.98. The minimum Gasteiger partial charge on any atom is -0.467 e. The van der Waals surface area contributed by atoms with Crippen molar-refractivity contribution in [2.45, 2.75) is 51.9 Å². The lowest BCUT2D eigenvalue weighted by atomic mass is 9.88. The van der Waals surface area contributed by atoms with Crippen LogP contribution in [0.2, 0.25) is 0 Å². The summed E-state index contributed by atoms with van der Waals surface area (Å²) in [5.41, 5.74) is 1.57. The van der Waals surface area contributed by atoms with E-state index >= 15 is 0 Å². The molecule has 2 amide bonds. The highest BCUT2D eigenvalue weighted by molar-refractivity contribution is 9.10. The quantitative estimate of drug-likeness (QED) is 0.847. The van der Waals surface area contributed by atoms with Crippen LogP contribution in [0.1, 0.15) is 44.4 Å². The van der Waals surface area contributed by atoms with Crippen LogP contribution >= 0.6 is 15.9 Å². The van der Waals surface area contributed by atoms with Gasteiger partial charge in [0.15, 0.2) is 5.72 Å². The number of benzene rings is 1. The highest BCUT2D eigenvalue weighted by Gasteiger charge is 2.50. The smallest absolute Gasteiger partial charge is 0.321 e. The zero-order chi connectivity index (χ0) is 14.7. The number of carbonyl (C=O) groups is 1. The molecule has 0 saturated carbocycles. The summed E-state index contributed by atoms with van der Waals surface area (Å²) in [5, 5.41) is 3.10. The normalized spacial score (nSPS) is 28.0. The van der Waals surface area contributed by atoms with Crippen LogP contribution in [0.3, 0.4) is 0 Å². The fraction of sp³-hybridized carbons (Fsp3) is 0.533. The molecule has 0 aromatic heterocycles. The minimum atomic E-state index is -0.577. The molecule has 1 N–H and O–H groups in total. The Kier molecular flexibility index (Phi) is 3.01. The van der Waals surface area contributed by atoms with E-state index in [4.69, 9.17) is 4.74 Å². The third-order valence-corrected chi connectivity index (χ3v) is 4.55. The Morgan fingerprint density at radius 1 is 1.50 bits per heavy atom. The molecule has 2 aliphatic rings. The average Bonchev–Trinajstić information content (AvgIpc) is 2.29. The van der Waals surface area contributed by atoms with E-state index in [1.165, 1.54) is 0 Å². The standard InChI is InChI=1S/C15H19BrN2O2/c1-8(2)18-14(19)17-12-7-15(18,4)20-13-9(3)5-10(16)6-11(12)13/h5-6,8,12H,7H2,1-4H3,(H,17,19). The van der Waals surface area contributed by atoms with E-state index in [1.54, 1.807) is 4.90 Å². The van der Waals surface area contributed by atoms with Crippen LogP contribution in [0.4, 0.5) is 4.79 Å². The van der Waals surface area contributed by atoms with Gasteiger partial charge in [-0.3, -0.25) is 4.90 Å². The van der Waals surface area contributed by atoms with Crippen molar-refractivity contribution in [2.24, 2.45) is 0 Å². The predicted octanol–water partition coefficient (Wildman–Crippen LogP) is 3.73. The number of rotatable bonds is 1. The second kappa shape index (κ2) is 4.38. The molecule has 20 heavy (non-hydrogen) atoms. The van der Waals surface area contributed by atoms with Crippen molar-refractivity contribution in [3.63, 3.8) is 0 Å². The van der Waals surface area contributed by atoms with Crippen LogP contribution in [0.5, 0.6) is 5.75 Å². The number of nitrogens with one attached hydrogen (secondary N) is 1. The number of hydrogen-bond acceptors (Lipinski definition) is 2. The molecule has 2 bridgehead atoms. The van der Waals surface area contributed by atoms with Crippen LogP contribution in [-0.4, -0.2) is 22.7 Å². The Bertz CT molecular complexity index is 587. The first-order valence-corrected chi connectivity index (χ1v) is 7.70. The number of hydrogen-bond donors (Lipinski definition) is 1. The van der Waals surface area contributed by atoms with Gasteiger partial charge in [0.1, 0.15) is 5.75 Å². The zero-order valence-electron chi connectivity index (χ0n) is 12.2. The number of amides is 2. The second-order valence-electron chi connectivity index (χ2n) is 6.09. The molecule has 0 radical (unpaired) electrons. The largest absolute Gasteiger partial charge is 0.467 e. The molecule has 2 heterocycles. The number of carbonyl (C=O) groups excluding carboxylic acids is 1. The van der Waals surface area contributed by atoms with E-state index < -0.39 is 5.72 Å². The molecule has 2 atom stereocenters. The predicted molar refractivity (Wildman–Crippen MR) is 80.8 cm³/mol. The molecule has 2 aliphatic heterocycles. The summed E-state index contributed by atoms with van der Waals surface area (Å²) in [5.74, 6) is 0.901. The molecule has 0 aliphatic carbocycles. The Balaban J connectivity index is 2.13. The van der Waals surface area contributed by atoms with Gasteiger partial charge >= 0.3 is 6.03 Å². The highest BCUT2D eigenvalue weighted by atomic mass is 79.9. The Morgan fingerprint density at radius 2 is 2.20 bits per heavy atom. The SMILES string of the molecule is Cc1cc(Br)cc2c1OC1(C)CC2NC(=O)N1C(C)C. The van der Waals surface area contributed by atoms with E-state index in [-0.39, 0.29) is 18.1 Å². The van der Waals surface area contributed by atoms with Gasteiger partial charge in [-0.25, -0.2) is 4.79 Å². The average molecular weight is 339 g/mol. The van der Waals surface area contributed by atoms with Crippen molar-refractivity contribution >= 4 is 22.0 Å². The summed E-state index contributed by atoms with van der Waals surface area (Å²) in [6, 6.07) is 4.14. The van der Waals surface area contributed by atoms with Crippen molar-refractivity contribution in [1.29, 1.82) is 0 Å². The summed E-state index contributed by atoms with van der Waals surface area (Å²) < 4.78 is 7.28. The van der Waals surface area contributed by atoms with Crippen molar-refractivity contribution in [2.75, 3.05) is 0 Å². The second-order valence-corrected chi connectivity index (χ2v) is 7.00. The minimum absolute atomic E-state index is 0.0162. The Hall–Kier alpha value is -1.23. The van der Waals surface area contributed by atoms with Crippen molar-refractivity contribution < 1.29 is 9.53 Å². The molecule has 1 aromatic carbocycles. The molecule has 3 rings (SSSR count). The number of fused-ring (bicyclic) bond motifs is 4. The molecule has 1 saturated heterocycles. The maximum atomic E-state index is 12.4. The molecule has 1 aromatic rings. The topological polar surface area (TPSA) is 41.6 Å². The van der Waals surface area contributed by atoms with Gasteiger partial charge in [-0.2, -0.15) is 0 Å².